The first-order valence-corrected chi connectivity index (χ1v) is 7.32. The maximum absolute atomic E-state index is 11.9. The summed E-state index contributed by atoms with van der Waals surface area (Å²) in [6.45, 7) is 0.779. The second kappa shape index (κ2) is 7.29. The standard InChI is InChI=1S/C16H24N2O2/c1-20-15-8-4-12(5-9-15)10-16(19)18-11-13-2-6-14(17)7-3-13/h4-5,8-9,13-14H,2-3,6-7,10-11,17H2,1H3,(H,18,19). The Kier molecular flexibility index (Phi) is 5.41. The molecule has 0 atom stereocenters. The van der Waals surface area contributed by atoms with E-state index in [0.29, 0.717) is 18.4 Å². The third-order valence-electron chi connectivity index (χ3n) is 4.00. The van der Waals surface area contributed by atoms with Gasteiger partial charge >= 0.3 is 0 Å². The van der Waals surface area contributed by atoms with Crippen molar-refractivity contribution in [1.82, 2.24) is 5.32 Å². The van der Waals surface area contributed by atoms with Crippen molar-refractivity contribution in [2.75, 3.05) is 13.7 Å². The lowest BCUT2D eigenvalue weighted by molar-refractivity contribution is -0.120. The largest absolute Gasteiger partial charge is 0.497 e. The van der Waals surface area contributed by atoms with Crippen LogP contribution in [0.3, 0.4) is 0 Å². The predicted molar refractivity (Wildman–Crippen MR) is 79.6 cm³/mol. The number of carbonyl (C=O) groups excluding carboxylic acids is 1. The number of ether oxygens (including phenoxy) is 1. The van der Waals surface area contributed by atoms with Gasteiger partial charge in [0.1, 0.15) is 5.75 Å². The summed E-state index contributed by atoms with van der Waals surface area (Å²) in [5.41, 5.74) is 6.89. The lowest BCUT2D eigenvalue weighted by atomic mass is 9.86. The van der Waals surface area contributed by atoms with Crippen molar-refractivity contribution in [3.63, 3.8) is 0 Å². The Hall–Kier alpha value is -1.55. The highest BCUT2D eigenvalue weighted by Crippen LogP contribution is 2.22. The molecule has 4 heteroatoms. The van der Waals surface area contributed by atoms with E-state index >= 15 is 0 Å². The molecule has 1 aromatic carbocycles. The third kappa shape index (κ3) is 4.53. The first-order chi connectivity index (χ1) is 9.67. The Morgan fingerprint density at radius 2 is 1.90 bits per heavy atom. The van der Waals surface area contributed by atoms with Crippen LogP contribution in [-0.2, 0) is 11.2 Å². The van der Waals surface area contributed by atoms with Gasteiger partial charge in [-0.25, -0.2) is 0 Å². The molecule has 0 spiro atoms. The topological polar surface area (TPSA) is 64.3 Å². The minimum Gasteiger partial charge on any atom is -0.497 e. The maximum atomic E-state index is 11.9. The van der Waals surface area contributed by atoms with Crippen LogP contribution in [0.1, 0.15) is 31.2 Å². The van der Waals surface area contributed by atoms with Crippen LogP contribution in [0.4, 0.5) is 0 Å². The molecule has 2 rings (SSSR count). The van der Waals surface area contributed by atoms with Crippen molar-refractivity contribution in [3.8, 4) is 5.75 Å². The molecule has 1 fully saturated rings. The molecule has 20 heavy (non-hydrogen) atoms. The van der Waals surface area contributed by atoms with Crippen LogP contribution in [-0.4, -0.2) is 25.6 Å². The summed E-state index contributed by atoms with van der Waals surface area (Å²) >= 11 is 0. The summed E-state index contributed by atoms with van der Waals surface area (Å²) in [5, 5.41) is 3.03. The quantitative estimate of drug-likeness (QED) is 0.863. The van der Waals surface area contributed by atoms with E-state index in [-0.39, 0.29) is 5.91 Å². The molecule has 1 aliphatic rings. The van der Waals surface area contributed by atoms with Gasteiger partial charge in [-0.1, -0.05) is 12.1 Å². The van der Waals surface area contributed by atoms with Gasteiger partial charge in [0.15, 0.2) is 0 Å². The van der Waals surface area contributed by atoms with Crippen molar-refractivity contribution in [3.05, 3.63) is 29.8 Å². The number of carbonyl (C=O) groups is 1. The van der Waals surface area contributed by atoms with E-state index < -0.39 is 0 Å². The van der Waals surface area contributed by atoms with E-state index in [2.05, 4.69) is 5.32 Å². The number of hydrogen-bond donors (Lipinski definition) is 2. The smallest absolute Gasteiger partial charge is 0.224 e. The Morgan fingerprint density at radius 1 is 1.25 bits per heavy atom. The molecule has 1 aromatic rings. The van der Waals surface area contributed by atoms with Gasteiger partial charge in [0, 0.05) is 12.6 Å². The number of methoxy groups -OCH3 is 1. The van der Waals surface area contributed by atoms with E-state index in [0.717, 1.165) is 43.5 Å². The van der Waals surface area contributed by atoms with Crippen molar-refractivity contribution in [2.45, 2.75) is 38.1 Å². The number of nitrogens with one attached hydrogen (secondary N) is 1. The van der Waals surface area contributed by atoms with Gasteiger partial charge in [0.25, 0.3) is 0 Å². The zero-order chi connectivity index (χ0) is 14.4. The van der Waals surface area contributed by atoms with E-state index in [4.69, 9.17) is 10.5 Å². The first kappa shape index (κ1) is 14.9. The highest BCUT2D eigenvalue weighted by atomic mass is 16.5. The molecular weight excluding hydrogens is 252 g/mol. The molecule has 0 radical (unpaired) electrons. The summed E-state index contributed by atoms with van der Waals surface area (Å²) in [6, 6.07) is 7.98. The molecule has 1 aliphatic carbocycles. The van der Waals surface area contributed by atoms with Crippen LogP contribution in [0.25, 0.3) is 0 Å². The van der Waals surface area contributed by atoms with Gasteiger partial charge in [-0.05, 0) is 49.3 Å². The molecule has 0 bridgehead atoms. The summed E-state index contributed by atoms with van der Waals surface area (Å²) < 4.78 is 5.10. The SMILES string of the molecule is COc1ccc(CC(=O)NCC2CCC(N)CC2)cc1. The molecule has 4 nitrogen and oxygen atoms in total. The van der Waals surface area contributed by atoms with E-state index in [1.54, 1.807) is 7.11 Å². The van der Waals surface area contributed by atoms with Gasteiger partial charge in [-0.3, -0.25) is 4.79 Å². The summed E-state index contributed by atoms with van der Waals surface area (Å²) in [7, 11) is 1.64. The minimum atomic E-state index is 0.0880. The predicted octanol–water partition coefficient (Wildman–Crippen LogP) is 1.87. The molecule has 0 aliphatic heterocycles. The van der Waals surface area contributed by atoms with Gasteiger partial charge in [0.05, 0.1) is 13.5 Å². The molecule has 0 saturated heterocycles. The number of rotatable bonds is 5. The monoisotopic (exact) mass is 276 g/mol. The Labute approximate surface area is 120 Å². The average Bonchev–Trinajstić information content (AvgIpc) is 2.47. The minimum absolute atomic E-state index is 0.0880. The fourth-order valence-electron chi connectivity index (χ4n) is 2.64. The molecule has 1 amide bonds. The fourth-order valence-corrected chi connectivity index (χ4v) is 2.64. The second-order valence-corrected chi connectivity index (χ2v) is 5.61. The zero-order valence-corrected chi connectivity index (χ0v) is 12.1. The Morgan fingerprint density at radius 3 is 2.50 bits per heavy atom. The summed E-state index contributed by atoms with van der Waals surface area (Å²) in [5.74, 6) is 1.49. The number of hydrogen-bond acceptors (Lipinski definition) is 3. The van der Waals surface area contributed by atoms with Gasteiger partial charge in [-0.2, -0.15) is 0 Å². The Balaban J connectivity index is 1.72. The molecule has 1 saturated carbocycles. The van der Waals surface area contributed by atoms with Crippen LogP contribution in [0, 0.1) is 5.92 Å². The second-order valence-electron chi connectivity index (χ2n) is 5.61. The van der Waals surface area contributed by atoms with E-state index in [1.807, 2.05) is 24.3 Å². The van der Waals surface area contributed by atoms with Crippen LogP contribution in [0.15, 0.2) is 24.3 Å². The molecule has 0 aromatic heterocycles. The van der Waals surface area contributed by atoms with Crippen LogP contribution < -0.4 is 15.8 Å². The van der Waals surface area contributed by atoms with Crippen LogP contribution >= 0.6 is 0 Å². The number of nitrogens with two attached hydrogens (primary N) is 1. The summed E-state index contributed by atoms with van der Waals surface area (Å²) in [4.78, 5) is 11.9. The van der Waals surface area contributed by atoms with Crippen LogP contribution in [0.2, 0.25) is 0 Å². The first-order valence-electron chi connectivity index (χ1n) is 7.32. The Bertz CT molecular complexity index is 423. The number of amides is 1. The van der Waals surface area contributed by atoms with Crippen molar-refractivity contribution in [2.24, 2.45) is 11.7 Å². The molecule has 110 valence electrons. The van der Waals surface area contributed by atoms with Gasteiger partial charge in [0.2, 0.25) is 5.91 Å². The number of benzene rings is 1. The molecule has 3 N–H and O–H groups in total. The van der Waals surface area contributed by atoms with Crippen molar-refractivity contribution < 1.29 is 9.53 Å². The normalized spacial score (nSPS) is 22.3. The lowest BCUT2D eigenvalue weighted by Crippen LogP contribution is -2.34. The zero-order valence-electron chi connectivity index (χ0n) is 12.1. The van der Waals surface area contributed by atoms with Crippen molar-refractivity contribution in [1.29, 1.82) is 0 Å². The van der Waals surface area contributed by atoms with Crippen LogP contribution in [0.5, 0.6) is 5.75 Å². The lowest BCUT2D eigenvalue weighted by Gasteiger charge is -2.26. The average molecular weight is 276 g/mol. The summed E-state index contributed by atoms with van der Waals surface area (Å²) in [6.07, 6.45) is 4.85. The van der Waals surface area contributed by atoms with Gasteiger partial charge in [-0.15, -0.1) is 0 Å². The highest BCUT2D eigenvalue weighted by Gasteiger charge is 2.18. The van der Waals surface area contributed by atoms with Gasteiger partial charge < -0.3 is 15.8 Å². The third-order valence-corrected chi connectivity index (χ3v) is 4.00. The maximum Gasteiger partial charge on any atom is 0.224 e. The fraction of sp³-hybridized carbons (Fsp3) is 0.562. The molecule has 0 unspecified atom stereocenters. The van der Waals surface area contributed by atoms with E-state index in [9.17, 15) is 4.79 Å². The van der Waals surface area contributed by atoms with Crippen molar-refractivity contribution >= 4 is 5.91 Å². The van der Waals surface area contributed by atoms with E-state index in [1.165, 1.54) is 0 Å². The highest BCUT2D eigenvalue weighted by molar-refractivity contribution is 5.78. The molecule has 0 heterocycles. The molecular formula is C16H24N2O2.